The van der Waals surface area contributed by atoms with E-state index in [0.717, 1.165) is 31.2 Å². The molecule has 26 heavy (non-hydrogen) atoms. The molecule has 2 aromatic rings. The topological polar surface area (TPSA) is 88.8 Å². The Morgan fingerprint density at radius 1 is 1.35 bits per heavy atom. The number of aliphatic hydroxyl groups excluding tert-OH is 1. The second-order valence-electron chi connectivity index (χ2n) is 7.13. The number of aliphatic hydroxyl groups is 1. The lowest BCUT2D eigenvalue weighted by Gasteiger charge is -2.47. The second-order valence-corrected chi connectivity index (χ2v) is 7.47. The van der Waals surface area contributed by atoms with Gasteiger partial charge >= 0.3 is 5.97 Å². The molecule has 7 nitrogen and oxygen atoms in total. The first-order valence-electron chi connectivity index (χ1n) is 9.20. The number of ether oxygens (including phenoxy) is 1. The second kappa shape index (κ2) is 7.04. The van der Waals surface area contributed by atoms with Crippen LogP contribution in [-0.4, -0.2) is 38.3 Å². The number of anilines is 1. The number of hydrogen-bond donors (Lipinski definition) is 2. The maximum Gasteiger partial charge on any atom is 0.311 e. The van der Waals surface area contributed by atoms with Crippen molar-refractivity contribution in [3.63, 3.8) is 0 Å². The van der Waals surface area contributed by atoms with Gasteiger partial charge in [-0.05, 0) is 68.2 Å². The fraction of sp³-hybridized carbons (Fsp3) is 0.611. The van der Waals surface area contributed by atoms with E-state index in [-0.39, 0.29) is 29.8 Å². The number of nitrogens with one attached hydrogen (secondary N) is 1. The van der Waals surface area contributed by atoms with Crippen molar-refractivity contribution >= 4 is 28.9 Å². The first-order chi connectivity index (χ1) is 12.6. The summed E-state index contributed by atoms with van der Waals surface area (Å²) in [5.74, 6) is 1.07. The van der Waals surface area contributed by atoms with Crippen molar-refractivity contribution in [2.75, 3.05) is 11.9 Å². The number of halogens is 1. The summed E-state index contributed by atoms with van der Waals surface area (Å²) in [5, 5.41) is 17.2. The quantitative estimate of drug-likeness (QED) is 0.777. The van der Waals surface area contributed by atoms with Crippen LogP contribution in [0.25, 0.3) is 5.52 Å². The van der Waals surface area contributed by atoms with Gasteiger partial charge in [0.2, 0.25) is 5.28 Å². The van der Waals surface area contributed by atoms with Crippen LogP contribution in [0.1, 0.15) is 38.3 Å². The van der Waals surface area contributed by atoms with Gasteiger partial charge in [-0.25, -0.2) is 4.52 Å². The number of esters is 1. The molecule has 0 saturated heterocycles. The van der Waals surface area contributed by atoms with E-state index < -0.39 is 0 Å². The lowest BCUT2D eigenvalue weighted by Crippen LogP contribution is -2.52. The smallest absolute Gasteiger partial charge is 0.311 e. The number of rotatable bonds is 5. The van der Waals surface area contributed by atoms with Crippen LogP contribution in [0.2, 0.25) is 5.28 Å². The Labute approximate surface area is 156 Å². The molecule has 3 aliphatic carbocycles. The zero-order valence-electron chi connectivity index (χ0n) is 14.7. The van der Waals surface area contributed by atoms with Gasteiger partial charge < -0.3 is 15.2 Å². The number of carbonyl (C=O) groups is 1. The standard InChI is InChI=1S/C18H23ClN4O3/c1-2-26-17(25)14-10-3-5-11(6-4-10)15(14)20-16-13-8-7-12(9-24)23(13)22-18(19)21-16/h7-8,10-11,14-15,24H,2-6,9H2,1H3,(H,20,21,22). The third-order valence-electron chi connectivity index (χ3n) is 5.81. The van der Waals surface area contributed by atoms with Crippen LogP contribution in [0.3, 0.4) is 0 Å². The first kappa shape index (κ1) is 17.5. The van der Waals surface area contributed by atoms with Gasteiger partial charge in [0.1, 0.15) is 5.52 Å². The Morgan fingerprint density at radius 3 is 2.77 bits per heavy atom. The van der Waals surface area contributed by atoms with Gasteiger partial charge in [0.15, 0.2) is 5.82 Å². The van der Waals surface area contributed by atoms with Gasteiger partial charge in [-0.15, -0.1) is 5.10 Å². The Balaban J connectivity index is 1.69. The summed E-state index contributed by atoms with van der Waals surface area (Å²) >= 11 is 6.10. The zero-order chi connectivity index (χ0) is 18.3. The van der Waals surface area contributed by atoms with E-state index in [9.17, 15) is 9.90 Å². The minimum Gasteiger partial charge on any atom is -0.466 e. The average Bonchev–Trinajstić information content (AvgIpc) is 3.05. The highest BCUT2D eigenvalue weighted by Gasteiger charge is 2.48. The molecular weight excluding hydrogens is 356 g/mol. The van der Waals surface area contributed by atoms with Gasteiger partial charge in [0.05, 0.1) is 24.8 Å². The summed E-state index contributed by atoms with van der Waals surface area (Å²) in [4.78, 5) is 17.0. The normalized spacial score (nSPS) is 27.7. The Hall–Kier alpha value is -1.86. The van der Waals surface area contributed by atoms with Crippen molar-refractivity contribution in [2.24, 2.45) is 17.8 Å². The van der Waals surface area contributed by atoms with Crippen molar-refractivity contribution in [1.82, 2.24) is 14.6 Å². The molecule has 2 heterocycles. The monoisotopic (exact) mass is 378 g/mol. The summed E-state index contributed by atoms with van der Waals surface area (Å²) in [6, 6.07) is 3.62. The molecule has 2 atom stereocenters. The molecule has 0 spiro atoms. The van der Waals surface area contributed by atoms with Crippen molar-refractivity contribution in [2.45, 2.75) is 45.3 Å². The number of nitrogens with zero attached hydrogens (tertiary/aromatic N) is 3. The number of carbonyl (C=O) groups excluding carboxylic acids is 1. The summed E-state index contributed by atoms with van der Waals surface area (Å²) in [5.41, 5.74) is 1.38. The molecule has 0 aliphatic heterocycles. The molecule has 3 fully saturated rings. The maximum absolute atomic E-state index is 12.6. The third-order valence-corrected chi connectivity index (χ3v) is 5.97. The molecule has 2 N–H and O–H groups in total. The maximum atomic E-state index is 12.6. The molecular formula is C18H23ClN4O3. The average molecular weight is 379 g/mol. The lowest BCUT2D eigenvalue weighted by molar-refractivity contribution is -0.154. The van der Waals surface area contributed by atoms with E-state index in [1.807, 2.05) is 13.0 Å². The highest BCUT2D eigenvalue weighted by Crippen LogP contribution is 2.46. The highest BCUT2D eigenvalue weighted by atomic mass is 35.5. The van der Waals surface area contributed by atoms with Crippen LogP contribution in [0.5, 0.6) is 0 Å². The minimum absolute atomic E-state index is 0.0243. The summed E-state index contributed by atoms with van der Waals surface area (Å²) in [7, 11) is 0. The molecule has 3 aliphatic rings. The van der Waals surface area contributed by atoms with Crippen LogP contribution in [0.15, 0.2) is 12.1 Å². The molecule has 8 heteroatoms. The number of aromatic nitrogens is 3. The molecule has 0 amide bonds. The van der Waals surface area contributed by atoms with E-state index in [1.54, 1.807) is 10.6 Å². The predicted octanol–water partition coefficient (Wildman–Crippen LogP) is 2.65. The SMILES string of the molecule is CCOC(=O)C1C2CCC(CC2)C1Nc1nc(Cl)nn2c(CO)ccc12. The Kier molecular flexibility index (Phi) is 4.75. The molecule has 5 rings (SSSR count). The van der Waals surface area contributed by atoms with Gasteiger partial charge in [0.25, 0.3) is 0 Å². The van der Waals surface area contributed by atoms with Crippen LogP contribution >= 0.6 is 11.6 Å². The Bertz CT molecular complexity index is 816. The van der Waals surface area contributed by atoms with E-state index in [4.69, 9.17) is 16.3 Å². The zero-order valence-corrected chi connectivity index (χ0v) is 15.4. The van der Waals surface area contributed by atoms with E-state index in [0.29, 0.717) is 30.0 Å². The van der Waals surface area contributed by atoms with Crippen molar-refractivity contribution < 1.29 is 14.6 Å². The van der Waals surface area contributed by atoms with Crippen LogP contribution < -0.4 is 5.32 Å². The number of fused-ring (bicyclic) bond motifs is 4. The summed E-state index contributed by atoms with van der Waals surface area (Å²) in [6.07, 6.45) is 4.37. The van der Waals surface area contributed by atoms with Gasteiger partial charge in [-0.2, -0.15) is 4.98 Å². The number of hydrogen-bond acceptors (Lipinski definition) is 6. The van der Waals surface area contributed by atoms with Crippen molar-refractivity contribution in [3.05, 3.63) is 23.1 Å². The lowest BCUT2D eigenvalue weighted by atomic mass is 9.61. The molecule has 0 aromatic carbocycles. The van der Waals surface area contributed by atoms with Crippen molar-refractivity contribution in [1.29, 1.82) is 0 Å². The van der Waals surface area contributed by atoms with E-state index in [1.165, 1.54) is 0 Å². The summed E-state index contributed by atoms with van der Waals surface area (Å²) in [6.45, 7) is 2.09. The van der Waals surface area contributed by atoms with Gasteiger partial charge in [0, 0.05) is 6.04 Å². The van der Waals surface area contributed by atoms with E-state index >= 15 is 0 Å². The van der Waals surface area contributed by atoms with Crippen LogP contribution in [0.4, 0.5) is 5.82 Å². The summed E-state index contributed by atoms with van der Waals surface area (Å²) < 4.78 is 6.95. The molecule has 0 radical (unpaired) electrons. The first-order valence-corrected chi connectivity index (χ1v) is 9.58. The predicted molar refractivity (Wildman–Crippen MR) is 96.9 cm³/mol. The van der Waals surface area contributed by atoms with E-state index in [2.05, 4.69) is 15.4 Å². The molecule has 2 bridgehead atoms. The van der Waals surface area contributed by atoms with Crippen molar-refractivity contribution in [3.8, 4) is 0 Å². The molecule has 3 saturated carbocycles. The van der Waals surface area contributed by atoms with Gasteiger partial charge in [-0.1, -0.05) is 0 Å². The minimum atomic E-state index is -0.163. The van der Waals surface area contributed by atoms with Gasteiger partial charge in [-0.3, -0.25) is 4.79 Å². The largest absolute Gasteiger partial charge is 0.466 e. The molecule has 2 aromatic heterocycles. The Morgan fingerprint density at radius 2 is 2.08 bits per heavy atom. The van der Waals surface area contributed by atoms with Crippen LogP contribution in [0, 0.1) is 17.8 Å². The highest BCUT2D eigenvalue weighted by molar-refractivity contribution is 6.28. The third kappa shape index (κ3) is 2.93. The van der Waals surface area contributed by atoms with Crippen LogP contribution in [-0.2, 0) is 16.1 Å². The fourth-order valence-electron chi connectivity index (χ4n) is 4.64. The molecule has 140 valence electrons. The fourth-order valence-corrected chi connectivity index (χ4v) is 4.80. The molecule has 2 unspecified atom stereocenters.